The van der Waals surface area contributed by atoms with Crippen LogP contribution in [0.1, 0.15) is 20.7 Å². The van der Waals surface area contributed by atoms with E-state index in [0.29, 0.717) is 11.1 Å². The molecule has 3 aromatic rings. The highest BCUT2D eigenvalue weighted by Gasteiger charge is 2.18. The first-order chi connectivity index (χ1) is 14.5. The Labute approximate surface area is 174 Å². The first-order valence-corrected chi connectivity index (χ1v) is 8.48. The maximum Gasteiger partial charge on any atom is 0.338 e. The summed E-state index contributed by atoms with van der Waals surface area (Å²) in [7, 11) is 3.31. The van der Waals surface area contributed by atoms with Crippen LogP contribution in [0.4, 0.5) is 17.1 Å². The second kappa shape index (κ2) is 9.26. The Morgan fingerprint density at radius 2 is 1.65 bits per heavy atom. The average molecular weight is 428 g/mol. The highest BCUT2D eigenvalue weighted by molar-refractivity contribution is 6.02. The number of hydrogen-bond donors (Lipinski definition) is 2. The number of aromatic nitrogens is 1. The maximum absolute atomic E-state index is 10.9. The van der Waals surface area contributed by atoms with Crippen molar-refractivity contribution in [1.82, 2.24) is 4.98 Å². The summed E-state index contributed by atoms with van der Waals surface area (Å²) in [5.74, 6) is -2.41. The third-order valence-electron chi connectivity index (χ3n) is 4.03. The van der Waals surface area contributed by atoms with E-state index in [1.54, 1.807) is 31.1 Å². The second-order valence-corrected chi connectivity index (χ2v) is 6.29. The van der Waals surface area contributed by atoms with E-state index >= 15 is 0 Å². The Bertz CT molecular complexity index is 1190. The molecule has 0 unspecified atom stereocenters. The minimum atomic E-state index is -1.23. The predicted octanol–water partition coefficient (Wildman–Crippen LogP) is 3.20. The van der Waals surface area contributed by atoms with Crippen molar-refractivity contribution in [2.45, 2.75) is 0 Å². The van der Waals surface area contributed by atoms with Crippen molar-refractivity contribution in [2.75, 3.05) is 19.0 Å². The zero-order chi connectivity index (χ0) is 23.3. The molecule has 2 aromatic carbocycles. The van der Waals surface area contributed by atoms with Gasteiger partial charge >= 0.3 is 11.9 Å². The van der Waals surface area contributed by atoms with E-state index in [9.17, 15) is 29.8 Å². The Balaban J connectivity index is 0.000000221. The van der Waals surface area contributed by atoms with Crippen LogP contribution < -0.4 is 4.90 Å². The van der Waals surface area contributed by atoms with Crippen LogP contribution in [0.5, 0.6) is 0 Å². The van der Waals surface area contributed by atoms with E-state index < -0.39 is 21.8 Å². The minimum Gasteiger partial charge on any atom is -0.478 e. The first-order valence-electron chi connectivity index (χ1n) is 8.48. The lowest BCUT2D eigenvalue weighted by molar-refractivity contribution is -0.384. The van der Waals surface area contributed by atoms with Crippen molar-refractivity contribution in [3.8, 4) is 0 Å². The molecule has 0 amide bonds. The van der Waals surface area contributed by atoms with Gasteiger partial charge in [0, 0.05) is 43.9 Å². The van der Waals surface area contributed by atoms with Crippen LogP contribution in [0.25, 0.3) is 10.9 Å². The lowest BCUT2D eigenvalue weighted by Gasteiger charge is -2.12. The standard InChI is InChI=1S/C10H6N2O4.C9H10N2O4/c13-10(14)8-5-7(12(15)16)4-6-2-1-3-11-9(6)8;1-10(2)7-4-3-6(9(12)13)5-8(7)11(14)15/h1-5H,(H,13,14);3-5H,1-2H3,(H,12,13). The summed E-state index contributed by atoms with van der Waals surface area (Å²) in [6.45, 7) is 0. The molecule has 0 aliphatic rings. The van der Waals surface area contributed by atoms with E-state index in [4.69, 9.17) is 10.2 Å². The van der Waals surface area contributed by atoms with Gasteiger partial charge < -0.3 is 15.1 Å². The largest absolute Gasteiger partial charge is 0.478 e. The van der Waals surface area contributed by atoms with Gasteiger partial charge in [-0.05, 0) is 18.2 Å². The van der Waals surface area contributed by atoms with Gasteiger partial charge in [-0.1, -0.05) is 6.07 Å². The summed E-state index contributed by atoms with van der Waals surface area (Å²) in [6, 6.07) is 9.30. The lowest BCUT2D eigenvalue weighted by atomic mass is 10.1. The number of carbonyl (C=O) groups is 2. The summed E-state index contributed by atoms with van der Waals surface area (Å²) in [6.07, 6.45) is 1.45. The van der Waals surface area contributed by atoms with E-state index in [0.717, 1.165) is 12.1 Å². The molecular formula is C19H16N4O8. The van der Waals surface area contributed by atoms with Gasteiger partial charge in [0.05, 0.1) is 26.5 Å². The Morgan fingerprint density at radius 3 is 2.16 bits per heavy atom. The number of carboxylic acid groups (broad SMARTS) is 2. The smallest absolute Gasteiger partial charge is 0.338 e. The van der Waals surface area contributed by atoms with Crippen LogP contribution in [0.15, 0.2) is 48.7 Å². The molecule has 3 rings (SSSR count). The van der Waals surface area contributed by atoms with E-state index in [-0.39, 0.29) is 28.0 Å². The Hall–Kier alpha value is -4.61. The number of aromatic carboxylic acids is 2. The molecule has 0 saturated heterocycles. The predicted molar refractivity (Wildman–Crippen MR) is 110 cm³/mol. The number of fused-ring (bicyclic) bond motifs is 1. The third-order valence-corrected chi connectivity index (χ3v) is 4.03. The first kappa shape index (κ1) is 22.7. The summed E-state index contributed by atoms with van der Waals surface area (Å²) in [4.78, 5) is 47.1. The lowest BCUT2D eigenvalue weighted by Crippen LogP contribution is -2.11. The fourth-order valence-corrected chi connectivity index (χ4v) is 2.63. The minimum absolute atomic E-state index is 0.0905. The highest BCUT2D eigenvalue weighted by atomic mass is 16.6. The normalized spacial score (nSPS) is 10.0. The van der Waals surface area contributed by atoms with Gasteiger partial charge in [0.1, 0.15) is 5.69 Å². The number of pyridine rings is 1. The van der Waals surface area contributed by atoms with Gasteiger partial charge in [0.15, 0.2) is 0 Å². The molecule has 0 aliphatic carbocycles. The number of benzene rings is 2. The number of hydrogen-bond acceptors (Lipinski definition) is 8. The molecule has 1 aromatic heterocycles. The average Bonchev–Trinajstić information content (AvgIpc) is 2.72. The molecule has 2 N–H and O–H groups in total. The molecule has 12 heteroatoms. The van der Waals surface area contributed by atoms with Crippen LogP contribution >= 0.6 is 0 Å². The van der Waals surface area contributed by atoms with Crippen LogP contribution in [-0.4, -0.2) is 51.1 Å². The molecule has 31 heavy (non-hydrogen) atoms. The Kier molecular flexibility index (Phi) is 6.77. The molecule has 0 aliphatic heterocycles. The number of nitro benzene ring substituents is 2. The number of nitro groups is 2. The molecule has 12 nitrogen and oxygen atoms in total. The fraction of sp³-hybridized carbons (Fsp3) is 0.105. The highest BCUT2D eigenvalue weighted by Crippen LogP contribution is 2.27. The van der Waals surface area contributed by atoms with Gasteiger partial charge in [-0.15, -0.1) is 0 Å². The molecular weight excluding hydrogens is 412 g/mol. The Morgan fingerprint density at radius 1 is 0.968 bits per heavy atom. The number of rotatable bonds is 5. The van der Waals surface area contributed by atoms with Gasteiger partial charge in [-0.2, -0.15) is 0 Å². The molecule has 0 spiro atoms. The van der Waals surface area contributed by atoms with Crippen molar-refractivity contribution in [2.24, 2.45) is 0 Å². The quantitative estimate of drug-likeness (QED) is 0.453. The fourth-order valence-electron chi connectivity index (χ4n) is 2.63. The molecule has 160 valence electrons. The summed E-state index contributed by atoms with van der Waals surface area (Å²) in [5, 5.41) is 39.3. The summed E-state index contributed by atoms with van der Waals surface area (Å²) >= 11 is 0. The topological polar surface area (TPSA) is 177 Å². The van der Waals surface area contributed by atoms with Crippen molar-refractivity contribution in [3.05, 3.63) is 80.0 Å². The van der Waals surface area contributed by atoms with Crippen molar-refractivity contribution >= 4 is 39.9 Å². The molecule has 0 saturated carbocycles. The molecule has 0 radical (unpaired) electrons. The van der Waals surface area contributed by atoms with Crippen LogP contribution in [0.2, 0.25) is 0 Å². The zero-order valence-corrected chi connectivity index (χ0v) is 16.3. The molecule has 0 atom stereocenters. The third kappa shape index (κ3) is 5.26. The molecule has 1 heterocycles. The zero-order valence-electron chi connectivity index (χ0n) is 16.3. The molecule has 0 fully saturated rings. The van der Waals surface area contributed by atoms with Crippen molar-refractivity contribution in [1.29, 1.82) is 0 Å². The van der Waals surface area contributed by atoms with Crippen LogP contribution in [-0.2, 0) is 0 Å². The summed E-state index contributed by atoms with van der Waals surface area (Å²) in [5.41, 5.74) is -0.0829. The molecule has 0 bridgehead atoms. The van der Waals surface area contributed by atoms with Gasteiger partial charge in [0.25, 0.3) is 11.4 Å². The van der Waals surface area contributed by atoms with Crippen molar-refractivity contribution in [3.63, 3.8) is 0 Å². The van der Waals surface area contributed by atoms with Crippen molar-refractivity contribution < 1.29 is 29.6 Å². The van der Waals surface area contributed by atoms with E-state index in [1.165, 1.54) is 24.4 Å². The second-order valence-electron chi connectivity index (χ2n) is 6.29. The number of anilines is 1. The number of carboxylic acids is 2. The van der Waals surface area contributed by atoms with Gasteiger partial charge in [0.2, 0.25) is 0 Å². The van der Waals surface area contributed by atoms with Gasteiger partial charge in [-0.3, -0.25) is 25.2 Å². The van der Waals surface area contributed by atoms with Gasteiger partial charge in [-0.25, -0.2) is 9.59 Å². The van der Waals surface area contributed by atoms with Crippen LogP contribution in [0.3, 0.4) is 0 Å². The van der Waals surface area contributed by atoms with Crippen LogP contribution in [0, 0.1) is 20.2 Å². The maximum atomic E-state index is 10.9. The van der Waals surface area contributed by atoms with E-state index in [1.807, 2.05) is 0 Å². The monoisotopic (exact) mass is 428 g/mol. The van der Waals surface area contributed by atoms with E-state index in [2.05, 4.69) is 4.98 Å². The SMILES string of the molecule is CN(C)c1ccc(C(=O)O)cc1[N+](=O)[O-].O=C(O)c1cc([N+](=O)[O-])cc2cccnc12. The number of nitrogens with zero attached hydrogens (tertiary/aromatic N) is 4. The number of non-ortho nitro benzene ring substituents is 1. The summed E-state index contributed by atoms with van der Waals surface area (Å²) < 4.78 is 0.